The fourth-order valence-electron chi connectivity index (χ4n) is 2.19. The zero-order valence-electron chi connectivity index (χ0n) is 10.8. The third-order valence-corrected chi connectivity index (χ3v) is 4.63. The molecule has 1 unspecified atom stereocenters. The average molecular weight is 282 g/mol. The molecule has 0 spiro atoms. The lowest BCUT2D eigenvalue weighted by molar-refractivity contribution is 0.683. The topological polar surface area (TPSA) is 56.0 Å². The first-order valence-electron chi connectivity index (χ1n) is 6.31. The van der Waals surface area contributed by atoms with Gasteiger partial charge in [0.1, 0.15) is 0 Å². The van der Waals surface area contributed by atoms with Gasteiger partial charge in [0.25, 0.3) is 0 Å². The number of hydrogen-bond acceptors (Lipinski definition) is 3. The lowest BCUT2D eigenvalue weighted by Gasteiger charge is -2.08. The second kappa shape index (κ2) is 5.43. The number of para-hydroxylation sites is 2. The molecule has 100 valence electrons. The van der Waals surface area contributed by atoms with Gasteiger partial charge in [-0.15, -0.1) is 0 Å². The highest BCUT2D eigenvalue weighted by atomic mass is 32.2. The van der Waals surface area contributed by atoms with E-state index in [0.29, 0.717) is 16.3 Å². The maximum Gasteiger partial charge on any atom is 0.0705 e. The van der Waals surface area contributed by atoms with Gasteiger partial charge < -0.3 is 5.73 Å². The quantitative estimate of drug-likeness (QED) is 0.751. The highest BCUT2D eigenvalue weighted by Crippen LogP contribution is 2.22. The Kier molecular flexibility index (Phi) is 3.48. The summed E-state index contributed by atoms with van der Waals surface area (Å²) in [5.74, 6) is 0.442. The maximum absolute atomic E-state index is 12.5. The number of aromatic nitrogens is 1. The van der Waals surface area contributed by atoms with Gasteiger partial charge in [0.05, 0.1) is 27.0 Å². The van der Waals surface area contributed by atoms with E-state index in [9.17, 15) is 4.21 Å². The molecule has 0 aliphatic heterocycles. The summed E-state index contributed by atoms with van der Waals surface area (Å²) in [5, 5.41) is 1.04. The lowest BCUT2D eigenvalue weighted by Crippen LogP contribution is -2.01. The van der Waals surface area contributed by atoms with Gasteiger partial charge in [-0.2, -0.15) is 0 Å². The third kappa shape index (κ3) is 2.42. The molecule has 3 rings (SSSR count). The minimum absolute atomic E-state index is 0.442. The summed E-state index contributed by atoms with van der Waals surface area (Å²) in [7, 11) is -1.15. The summed E-state index contributed by atoms with van der Waals surface area (Å²) in [4.78, 5) is 5.00. The van der Waals surface area contributed by atoms with E-state index in [1.54, 1.807) is 12.3 Å². The number of nitrogens with zero attached hydrogens (tertiary/aromatic N) is 1. The van der Waals surface area contributed by atoms with Crippen LogP contribution in [-0.2, 0) is 16.6 Å². The minimum atomic E-state index is -1.15. The Morgan fingerprint density at radius 3 is 2.60 bits per heavy atom. The monoisotopic (exact) mass is 282 g/mol. The molecular weight excluding hydrogens is 268 g/mol. The Bertz CT molecular complexity index is 781. The third-order valence-electron chi connectivity index (χ3n) is 3.19. The van der Waals surface area contributed by atoms with Gasteiger partial charge in [-0.05, 0) is 29.8 Å². The number of pyridine rings is 1. The van der Waals surface area contributed by atoms with Crippen LogP contribution in [0.1, 0.15) is 5.56 Å². The summed E-state index contributed by atoms with van der Waals surface area (Å²) in [6.45, 7) is 0. The van der Waals surface area contributed by atoms with Crippen molar-refractivity contribution in [3.63, 3.8) is 0 Å². The van der Waals surface area contributed by atoms with Gasteiger partial charge in [-0.1, -0.05) is 30.3 Å². The van der Waals surface area contributed by atoms with E-state index < -0.39 is 10.8 Å². The van der Waals surface area contributed by atoms with Crippen molar-refractivity contribution in [3.05, 3.63) is 66.4 Å². The van der Waals surface area contributed by atoms with Gasteiger partial charge >= 0.3 is 0 Å². The second-order valence-electron chi connectivity index (χ2n) is 4.51. The molecule has 1 atom stereocenters. The largest absolute Gasteiger partial charge is 0.398 e. The molecule has 3 aromatic rings. The van der Waals surface area contributed by atoms with Gasteiger partial charge in [0.2, 0.25) is 0 Å². The second-order valence-corrected chi connectivity index (χ2v) is 5.93. The Labute approximate surface area is 119 Å². The standard InChI is InChI=1S/C16H14N2OS/c17-14-6-2-4-8-16(14)20(19)11-12-9-10-18-15-7-3-1-5-13(12)15/h1-10H,11,17H2. The first kappa shape index (κ1) is 12.8. The summed E-state index contributed by atoms with van der Waals surface area (Å²) in [6, 6.07) is 17.1. The number of anilines is 1. The molecule has 3 nitrogen and oxygen atoms in total. The molecule has 1 heterocycles. The zero-order chi connectivity index (χ0) is 13.9. The molecule has 1 aromatic heterocycles. The lowest BCUT2D eigenvalue weighted by atomic mass is 10.1. The Morgan fingerprint density at radius 2 is 1.75 bits per heavy atom. The molecule has 0 aliphatic rings. The van der Waals surface area contributed by atoms with Crippen LogP contribution in [0, 0.1) is 0 Å². The Balaban J connectivity index is 1.98. The van der Waals surface area contributed by atoms with Gasteiger partial charge in [-0.3, -0.25) is 9.19 Å². The van der Waals surface area contributed by atoms with Crippen molar-refractivity contribution in [2.24, 2.45) is 0 Å². The molecule has 0 bridgehead atoms. The average Bonchev–Trinajstić information content (AvgIpc) is 2.48. The molecule has 2 N–H and O–H groups in total. The summed E-state index contributed by atoms with van der Waals surface area (Å²) in [6.07, 6.45) is 1.75. The predicted octanol–water partition coefficient (Wildman–Crippen LogP) is 3.12. The van der Waals surface area contributed by atoms with Crippen molar-refractivity contribution in [1.82, 2.24) is 4.98 Å². The number of nitrogen functional groups attached to an aromatic ring is 1. The summed E-state index contributed by atoms with van der Waals surface area (Å²) < 4.78 is 12.5. The number of fused-ring (bicyclic) bond motifs is 1. The van der Waals surface area contributed by atoms with E-state index in [2.05, 4.69) is 4.98 Å². The predicted molar refractivity (Wildman–Crippen MR) is 82.7 cm³/mol. The zero-order valence-corrected chi connectivity index (χ0v) is 11.6. The van der Waals surface area contributed by atoms with Crippen LogP contribution < -0.4 is 5.73 Å². The van der Waals surface area contributed by atoms with Crippen LogP contribution in [0.4, 0.5) is 5.69 Å². The van der Waals surface area contributed by atoms with Crippen molar-refractivity contribution >= 4 is 27.4 Å². The number of benzene rings is 2. The molecule has 0 amide bonds. The fraction of sp³-hybridized carbons (Fsp3) is 0.0625. The van der Waals surface area contributed by atoms with Crippen molar-refractivity contribution < 1.29 is 4.21 Å². The van der Waals surface area contributed by atoms with Crippen molar-refractivity contribution in [3.8, 4) is 0 Å². The molecule has 2 aromatic carbocycles. The van der Waals surface area contributed by atoms with Crippen molar-refractivity contribution in [2.75, 3.05) is 5.73 Å². The Morgan fingerprint density at radius 1 is 1.00 bits per heavy atom. The van der Waals surface area contributed by atoms with E-state index in [4.69, 9.17) is 5.73 Å². The number of hydrogen-bond donors (Lipinski definition) is 1. The SMILES string of the molecule is Nc1ccccc1S(=O)Cc1ccnc2ccccc12. The molecule has 20 heavy (non-hydrogen) atoms. The van der Waals surface area contributed by atoms with E-state index in [-0.39, 0.29) is 0 Å². The molecule has 0 saturated carbocycles. The van der Waals surface area contributed by atoms with Gasteiger partial charge in [0.15, 0.2) is 0 Å². The molecule has 4 heteroatoms. The number of rotatable bonds is 3. The highest BCUT2D eigenvalue weighted by molar-refractivity contribution is 7.84. The van der Waals surface area contributed by atoms with Crippen LogP contribution in [0.15, 0.2) is 65.7 Å². The van der Waals surface area contributed by atoms with Gasteiger partial charge in [0, 0.05) is 17.3 Å². The van der Waals surface area contributed by atoms with E-state index in [0.717, 1.165) is 16.5 Å². The smallest absolute Gasteiger partial charge is 0.0705 e. The van der Waals surface area contributed by atoms with E-state index in [1.165, 1.54) is 0 Å². The van der Waals surface area contributed by atoms with E-state index >= 15 is 0 Å². The summed E-state index contributed by atoms with van der Waals surface area (Å²) >= 11 is 0. The van der Waals surface area contributed by atoms with Crippen LogP contribution in [0.3, 0.4) is 0 Å². The fourth-order valence-corrected chi connectivity index (χ4v) is 3.44. The molecule has 0 aliphatic carbocycles. The molecule has 0 radical (unpaired) electrons. The molecular formula is C16H14N2OS. The van der Waals surface area contributed by atoms with Crippen LogP contribution in [0.2, 0.25) is 0 Å². The first-order chi connectivity index (χ1) is 9.75. The van der Waals surface area contributed by atoms with Gasteiger partial charge in [-0.25, -0.2) is 0 Å². The minimum Gasteiger partial charge on any atom is -0.398 e. The van der Waals surface area contributed by atoms with Crippen molar-refractivity contribution in [2.45, 2.75) is 10.6 Å². The normalized spacial score (nSPS) is 12.4. The van der Waals surface area contributed by atoms with Crippen LogP contribution >= 0.6 is 0 Å². The van der Waals surface area contributed by atoms with Crippen LogP contribution in [0.25, 0.3) is 10.9 Å². The summed E-state index contributed by atoms with van der Waals surface area (Å²) in [5.41, 5.74) is 8.40. The number of nitrogens with two attached hydrogens (primary N) is 1. The van der Waals surface area contributed by atoms with E-state index in [1.807, 2.05) is 48.5 Å². The van der Waals surface area contributed by atoms with Crippen molar-refractivity contribution in [1.29, 1.82) is 0 Å². The molecule has 0 saturated heterocycles. The first-order valence-corrected chi connectivity index (χ1v) is 7.63. The van der Waals surface area contributed by atoms with Crippen LogP contribution in [-0.4, -0.2) is 9.19 Å². The Hall–Kier alpha value is -2.20. The maximum atomic E-state index is 12.5. The molecule has 0 fully saturated rings. The highest BCUT2D eigenvalue weighted by Gasteiger charge is 2.10. The van der Waals surface area contributed by atoms with Crippen LogP contribution in [0.5, 0.6) is 0 Å².